The lowest BCUT2D eigenvalue weighted by atomic mass is 10.1. The molecule has 13 heavy (non-hydrogen) atoms. The van der Waals surface area contributed by atoms with Crippen LogP contribution in [-0.4, -0.2) is 23.5 Å². The summed E-state index contributed by atoms with van der Waals surface area (Å²) in [6.45, 7) is 1.78. The second-order valence-electron chi connectivity index (χ2n) is 2.66. The average molecular weight is 183 g/mol. The van der Waals surface area contributed by atoms with Crippen molar-refractivity contribution in [2.45, 2.75) is 19.8 Å². The Balaban J connectivity index is 3.64. The third kappa shape index (κ3) is 4.86. The van der Waals surface area contributed by atoms with Crippen molar-refractivity contribution in [3.8, 4) is 12.3 Å². The van der Waals surface area contributed by atoms with E-state index in [1.807, 2.05) is 0 Å². The molecule has 1 amide bonds. The van der Waals surface area contributed by atoms with Crippen molar-refractivity contribution in [3.63, 3.8) is 0 Å². The van der Waals surface area contributed by atoms with Gasteiger partial charge in [0.15, 0.2) is 0 Å². The maximum atomic E-state index is 11.0. The Hall–Kier alpha value is -1.50. The Morgan fingerprint density at radius 2 is 2.23 bits per heavy atom. The van der Waals surface area contributed by atoms with Crippen molar-refractivity contribution in [2.75, 3.05) is 6.54 Å². The standard InChI is InChI=1S/C9H13NO3/c1-3-4-5-6-10-8(11)7(2)9(12)13/h1,7H,4-6H2,2H3,(H,10,11)(H,12,13). The molecule has 0 aliphatic carbocycles. The lowest BCUT2D eigenvalue weighted by Gasteiger charge is -2.06. The highest BCUT2D eigenvalue weighted by molar-refractivity contribution is 5.96. The zero-order chi connectivity index (χ0) is 10.3. The predicted octanol–water partition coefficient (Wildman–Crippen LogP) is 0.237. The number of carboxylic acids is 1. The molecule has 0 radical (unpaired) electrons. The Morgan fingerprint density at radius 3 is 2.69 bits per heavy atom. The first kappa shape index (κ1) is 11.5. The molecule has 0 fully saturated rings. The van der Waals surface area contributed by atoms with Crippen LogP contribution >= 0.6 is 0 Å². The van der Waals surface area contributed by atoms with Crippen molar-refractivity contribution < 1.29 is 14.7 Å². The highest BCUT2D eigenvalue weighted by atomic mass is 16.4. The fourth-order valence-corrected chi connectivity index (χ4v) is 0.667. The number of aliphatic carboxylic acids is 1. The Kier molecular flexibility index (Phi) is 5.37. The first-order valence-corrected chi connectivity index (χ1v) is 4.03. The molecule has 0 rings (SSSR count). The van der Waals surface area contributed by atoms with Crippen LogP contribution in [0.3, 0.4) is 0 Å². The summed E-state index contributed by atoms with van der Waals surface area (Å²) < 4.78 is 0. The molecule has 0 bridgehead atoms. The van der Waals surface area contributed by atoms with Crippen LogP contribution < -0.4 is 5.32 Å². The minimum Gasteiger partial charge on any atom is -0.481 e. The number of nitrogens with one attached hydrogen (secondary N) is 1. The molecule has 1 atom stereocenters. The smallest absolute Gasteiger partial charge is 0.315 e. The average Bonchev–Trinajstić information content (AvgIpc) is 2.10. The van der Waals surface area contributed by atoms with E-state index in [1.54, 1.807) is 0 Å². The highest BCUT2D eigenvalue weighted by Gasteiger charge is 2.19. The second-order valence-corrected chi connectivity index (χ2v) is 2.66. The number of carbonyl (C=O) groups is 2. The molecule has 0 aliphatic rings. The number of hydrogen-bond acceptors (Lipinski definition) is 2. The molecule has 4 heteroatoms. The van der Waals surface area contributed by atoms with Gasteiger partial charge in [0.2, 0.25) is 5.91 Å². The minimum atomic E-state index is -1.12. The van der Waals surface area contributed by atoms with Crippen molar-refractivity contribution in [2.24, 2.45) is 5.92 Å². The van der Waals surface area contributed by atoms with Crippen LogP contribution in [0.4, 0.5) is 0 Å². The summed E-state index contributed by atoms with van der Waals surface area (Å²) in [5, 5.41) is 10.9. The Morgan fingerprint density at radius 1 is 1.62 bits per heavy atom. The van der Waals surface area contributed by atoms with Crippen LogP contribution in [0.15, 0.2) is 0 Å². The molecule has 1 unspecified atom stereocenters. The fourth-order valence-electron chi connectivity index (χ4n) is 0.667. The molecule has 72 valence electrons. The van der Waals surface area contributed by atoms with Gasteiger partial charge in [-0.2, -0.15) is 0 Å². The molecule has 0 heterocycles. The van der Waals surface area contributed by atoms with E-state index in [2.05, 4.69) is 11.2 Å². The van der Waals surface area contributed by atoms with Gasteiger partial charge in [0.25, 0.3) is 0 Å². The number of carboxylic acid groups (broad SMARTS) is 1. The van der Waals surface area contributed by atoms with Gasteiger partial charge < -0.3 is 10.4 Å². The molecule has 0 saturated heterocycles. The maximum absolute atomic E-state index is 11.0. The van der Waals surface area contributed by atoms with Gasteiger partial charge in [-0.15, -0.1) is 12.3 Å². The van der Waals surface area contributed by atoms with Gasteiger partial charge in [0, 0.05) is 13.0 Å². The van der Waals surface area contributed by atoms with Crippen LogP contribution in [-0.2, 0) is 9.59 Å². The quantitative estimate of drug-likeness (QED) is 0.364. The van der Waals surface area contributed by atoms with Crippen LogP contribution in [0.1, 0.15) is 19.8 Å². The van der Waals surface area contributed by atoms with Gasteiger partial charge in [-0.3, -0.25) is 9.59 Å². The van der Waals surface area contributed by atoms with Gasteiger partial charge in [-0.1, -0.05) is 0 Å². The van der Waals surface area contributed by atoms with Gasteiger partial charge in [0.05, 0.1) is 0 Å². The molecular formula is C9H13NO3. The van der Waals surface area contributed by atoms with E-state index < -0.39 is 17.8 Å². The molecule has 0 aromatic rings. The summed E-state index contributed by atoms with van der Waals surface area (Å²) >= 11 is 0. The van der Waals surface area contributed by atoms with Gasteiger partial charge in [-0.25, -0.2) is 0 Å². The fraction of sp³-hybridized carbons (Fsp3) is 0.556. The number of terminal acetylenes is 1. The Bertz CT molecular complexity index is 230. The topological polar surface area (TPSA) is 66.4 Å². The van der Waals surface area contributed by atoms with Crippen LogP contribution in [0, 0.1) is 18.3 Å². The van der Waals surface area contributed by atoms with E-state index in [4.69, 9.17) is 11.5 Å². The van der Waals surface area contributed by atoms with Crippen molar-refractivity contribution >= 4 is 11.9 Å². The summed E-state index contributed by atoms with van der Waals surface area (Å²) in [5.41, 5.74) is 0. The highest BCUT2D eigenvalue weighted by Crippen LogP contribution is 1.94. The van der Waals surface area contributed by atoms with E-state index in [-0.39, 0.29) is 0 Å². The first-order valence-electron chi connectivity index (χ1n) is 4.03. The number of hydrogen-bond donors (Lipinski definition) is 2. The van der Waals surface area contributed by atoms with E-state index in [9.17, 15) is 9.59 Å². The lowest BCUT2D eigenvalue weighted by molar-refractivity contribution is -0.146. The van der Waals surface area contributed by atoms with Crippen molar-refractivity contribution in [1.29, 1.82) is 0 Å². The van der Waals surface area contributed by atoms with E-state index in [0.717, 1.165) is 0 Å². The zero-order valence-electron chi connectivity index (χ0n) is 7.54. The van der Waals surface area contributed by atoms with Crippen molar-refractivity contribution in [1.82, 2.24) is 5.32 Å². The van der Waals surface area contributed by atoms with E-state index in [0.29, 0.717) is 19.4 Å². The maximum Gasteiger partial charge on any atom is 0.315 e. The summed E-state index contributed by atoms with van der Waals surface area (Å²) in [7, 11) is 0. The molecule has 2 N–H and O–H groups in total. The van der Waals surface area contributed by atoms with Crippen LogP contribution in [0.5, 0.6) is 0 Å². The predicted molar refractivity (Wildman–Crippen MR) is 47.9 cm³/mol. The molecule has 0 aliphatic heterocycles. The van der Waals surface area contributed by atoms with Gasteiger partial charge >= 0.3 is 5.97 Å². The van der Waals surface area contributed by atoms with E-state index in [1.165, 1.54) is 6.92 Å². The number of rotatable bonds is 5. The number of carbonyl (C=O) groups excluding carboxylic acids is 1. The number of unbranched alkanes of at least 4 members (excludes halogenated alkanes) is 1. The number of amides is 1. The third-order valence-electron chi connectivity index (χ3n) is 1.56. The van der Waals surface area contributed by atoms with Crippen molar-refractivity contribution in [3.05, 3.63) is 0 Å². The van der Waals surface area contributed by atoms with E-state index >= 15 is 0 Å². The Labute approximate surface area is 77.3 Å². The minimum absolute atomic E-state index is 0.431. The molecular weight excluding hydrogens is 170 g/mol. The molecule has 0 aromatic carbocycles. The summed E-state index contributed by atoms with van der Waals surface area (Å²) in [6.07, 6.45) is 6.26. The second kappa shape index (κ2) is 6.06. The molecule has 0 saturated carbocycles. The summed E-state index contributed by atoms with van der Waals surface area (Å²) in [6, 6.07) is 0. The third-order valence-corrected chi connectivity index (χ3v) is 1.56. The van der Waals surface area contributed by atoms with Gasteiger partial charge in [0.1, 0.15) is 5.92 Å². The van der Waals surface area contributed by atoms with Gasteiger partial charge in [-0.05, 0) is 13.3 Å². The molecule has 0 aromatic heterocycles. The normalized spacial score (nSPS) is 11.4. The summed E-state index contributed by atoms with van der Waals surface area (Å²) in [4.78, 5) is 21.3. The molecule has 4 nitrogen and oxygen atoms in total. The first-order chi connectivity index (χ1) is 6.09. The SMILES string of the molecule is C#CCCCNC(=O)C(C)C(=O)O. The zero-order valence-corrected chi connectivity index (χ0v) is 7.54. The monoisotopic (exact) mass is 183 g/mol. The molecule has 0 spiro atoms. The summed E-state index contributed by atoms with van der Waals surface area (Å²) in [5.74, 6) is -0.153. The van der Waals surface area contributed by atoms with Crippen LogP contribution in [0.25, 0.3) is 0 Å². The van der Waals surface area contributed by atoms with Crippen LogP contribution in [0.2, 0.25) is 0 Å². The lowest BCUT2D eigenvalue weighted by Crippen LogP contribution is -2.34. The largest absolute Gasteiger partial charge is 0.481 e.